The Morgan fingerprint density at radius 3 is 1.64 bits per heavy atom. The first-order valence-electron chi connectivity index (χ1n) is 7.82. The fourth-order valence-corrected chi connectivity index (χ4v) is 2.65. The second-order valence-electron chi connectivity index (χ2n) is 5.45. The molecule has 0 fully saturated rings. The minimum absolute atomic E-state index is 0.162. The molecule has 1 heteroatoms. The SMILES string of the molecule is CCc1ccc(NC(c2ccccc2)c2ccccc2)cc1. The number of benzene rings is 3. The third-order valence-electron chi connectivity index (χ3n) is 3.94. The van der Waals surface area contributed by atoms with Gasteiger partial charge >= 0.3 is 0 Å². The zero-order valence-electron chi connectivity index (χ0n) is 12.9. The van der Waals surface area contributed by atoms with Crippen LogP contribution in [0.5, 0.6) is 0 Å². The third-order valence-corrected chi connectivity index (χ3v) is 3.94. The molecule has 0 atom stereocenters. The van der Waals surface area contributed by atoms with E-state index in [1.165, 1.54) is 16.7 Å². The number of hydrogen-bond acceptors (Lipinski definition) is 1. The summed E-state index contributed by atoms with van der Waals surface area (Å²) in [6.07, 6.45) is 1.07. The van der Waals surface area contributed by atoms with E-state index >= 15 is 0 Å². The fraction of sp³-hybridized carbons (Fsp3) is 0.143. The highest BCUT2D eigenvalue weighted by atomic mass is 14.9. The van der Waals surface area contributed by atoms with Gasteiger partial charge < -0.3 is 5.32 Å². The molecule has 0 aliphatic heterocycles. The molecule has 110 valence electrons. The Balaban J connectivity index is 1.91. The van der Waals surface area contributed by atoms with Gasteiger partial charge in [0.2, 0.25) is 0 Å². The Hall–Kier alpha value is -2.54. The van der Waals surface area contributed by atoms with Crippen LogP contribution in [0.1, 0.15) is 29.7 Å². The molecule has 3 rings (SSSR count). The molecule has 0 unspecified atom stereocenters. The monoisotopic (exact) mass is 287 g/mol. The average molecular weight is 287 g/mol. The van der Waals surface area contributed by atoms with Gasteiger partial charge in [0.05, 0.1) is 6.04 Å². The van der Waals surface area contributed by atoms with Crippen LogP contribution in [0.4, 0.5) is 5.69 Å². The molecule has 0 aromatic heterocycles. The van der Waals surface area contributed by atoms with Crippen LogP contribution in [0.25, 0.3) is 0 Å². The lowest BCUT2D eigenvalue weighted by atomic mass is 9.98. The molecule has 0 aliphatic carbocycles. The average Bonchev–Trinajstić information content (AvgIpc) is 2.62. The topological polar surface area (TPSA) is 12.0 Å². The van der Waals surface area contributed by atoms with Crippen LogP contribution >= 0.6 is 0 Å². The highest BCUT2D eigenvalue weighted by molar-refractivity contribution is 5.50. The zero-order chi connectivity index (χ0) is 15.2. The molecule has 0 saturated heterocycles. The summed E-state index contributed by atoms with van der Waals surface area (Å²) in [4.78, 5) is 0. The van der Waals surface area contributed by atoms with Crippen molar-refractivity contribution in [3.8, 4) is 0 Å². The predicted octanol–water partition coefficient (Wildman–Crippen LogP) is 5.45. The van der Waals surface area contributed by atoms with E-state index in [1.807, 2.05) is 0 Å². The summed E-state index contributed by atoms with van der Waals surface area (Å²) in [5.41, 5.74) is 5.05. The quantitative estimate of drug-likeness (QED) is 0.658. The van der Waals surface area contributed by atoms with Gasteiger partial charge in [-0.3, -0.25) is 0 Å². The Kier molecular flexibility index (Phi) is 4.55. The molecule has 0 heterocycles. The third kappa shape index (κ3) is 3.37. The first-order chi connectivity index (χ1) is 10.9. The number of hydrogen-bond donors (Lipinski definition) is 1. The molecule has 3 aromatic carbocycles. The van der Waals surface area contributed by atoms with Crippen molar-refractivity contribution in [2.24, 2.45) is 0 Å². The molecule has 0 aliphatic rings. The van der Waals surface area contributed by atoms with E-state index in [1.54, 1.807) is 0 Å². The van der Waals surface area contributed by atoms with Crippen LogP contribution in [0.2, 0.25) is 0 Å². The van der Waals surface area contributed by atoms with Crippen LogP contribution < -0.4 is 5.32 Å². The molecule has 0 bridgehead atoms. The minimum Gasteiger partial charge on any atom is -0.374 e. The van der Waals surface area contributed by atoms with Crippen molar-refractivity contribution in [2.45, 2.75) is 19.4 Å². The highest BCUT2D eigenvalue weighted by Gasteiger charge is 2.13. The molecular weight excluding hydrogens is 266 g/mol. The first-order valence-corrected chi connectivity index (χ1v) is 7.82. The Bertz CT molecular complexity index is 647. The Morgan fingerprint density at radius 2 is 1.18 bits per heavy atom. The Morgan fingerprint density at radius 1 is 0.682 bits per heavy atom. The summed E-state index contributed by atoms with van der Waals surface area (Å²) in [7, 11) is 0. The summed E-state index contributed by atoms with van der Waals surface area (Å²) in [6, 6.07) is 30.0. The Labute approximate surface area is 132 Å². The van der Waals surface area contributed by atoms with Gasteiger partial charge in [-0.1, -0.05) is 79.7 Å². The van der Waals surface area contributed by atoms with Gasteiger partial charge in [-0.2, -0.15) is 0 Å². The van der Waals surface area contributed by atoms with Crippen LogP contribution in [0.3, 0.4) is 0 Å². The van der Waals surface area contributed by atoms with E-state index in [0.717, 1.165) is 12.1 Å². The standard InChI is InChI=1S/C21H21N/c1-2-17-13-15-20(16-14-17)22-21(18-9-5-3-6-10-18)19-11-7-4-8-12-19/h3-16,21-22H,2H2,1H3. The lowest BCUT2D eigenvalue weighted by molar-refractivity contribution is 0.939. The van der Waals surface area contributed by atoms with Crippen LogP contribution in [-0.2, 0) is 6.42 Å². The van der Waals surface area contributed by atoms with Crippen molar-refractivity contribution in [1.82, 2.24) is 0 Å². The lowest BCUT2D eigenvalue weighted by Gasteiger charge is -2.21. The maximum Gasteiger partial charge on any atom is 0.0767 e. The van der Waals surface area contributed by atoms with Crippen molar-refractivity contribution in [3.05, 3.63) is 102 Å². The summed E-state index contributed by atoms with van der Waals surface area (Å²) in [5.74, 6) is 0. The highest BCUT2D eigenvalue weighted by Crippen LogP contribution is 2.26. The number of nitrogens with one attached hydrogen (secondary N) is 1. The zero-order valence-corrected chi connectivity index (χ0v) is 12.9. The van der Waals surface area contributed by atoms with E-state index in [0.29, 0.717) is 0 Å². The number of rotatable bonds is 5. The van der Waals surface area contributed by atoms with Gasteiger partial charge in [0.25, 0.3) is 0 Å². The lowest BCUT2D eigenvalue weighted by Crippen LogP contribution is -2.12. The second-order valence-corrected chi connectivity index (χ2v) is 5.45. The van der Waals surface area contributed by atoms with E-state index in [2.05, 4.69) is 97.2 Å². The maximum atomic E-state index is 3.66. The van der Waals surface area contributed by atoms with E-state index in [4.69, 9.17) is 0 Å². The van der Waals surface area contributed by atoms with Crippen molar-refractivity contribution >= 4 is 5.69 Å². The number of anilines is 1. The molecule has 0 saturated carbocycles. The molecule has 0 radical (unpaired) electrons. The molecule has 1 nitrogen and oxygen atoms in total. The van der Waals surface area contributed by atoms with Crippen molar-refractivity contribution in [3.63, 3.8) is 0 Å². The normalized spacial score (nSPS) is 10.6. The molecule has 0 amide bonds. The van der Waals surface area contributed by atoms with Gasteiger partial charge in [0.15, 0.2) is 0 Å². The largest absolute Gasteiger partial charge is 0.374 e. The van der Waals surface area contributed by atoms with Gasteiger partial charge in [-0.05, 0) is 35.2 Å². The summed E-state index contributed by atoms with van der Waals surface area (Å²) in [5, 5.41) is 3.66. The maximum absolute atomic E-state index is 3.66. The van der Waals surface area contributed by atoms with Crippen LogP contribution in [-0.4, -0.2) is 0 Å². The van der Waals surface area contributed by atoms with Gasteiger partial charge in [0, 0.05) is 5.69 Å². The molecule has 22 heavy (non-hydrogen) atoms. The summed E-state index contributed by atoms with van der Waals surface area (Å²) >= 11 is 0. The summed E-state index contributed by atoms with van der Waals surface area (Å²) in [6.45, 7) is 2.18. The van der Waals surface area contributed by atoms with Crippen molar-refractivity contribution in [2.75, 3.05) is 5.32 Å². The first kappa shape index (κ1) is 14.4. The van der Waals surface area contributed by atoms with Crippen LogP contribution in [0.15, 0.2) is 84.9 Å². The van der Waals surface area contributed by atoms with Crippen LogP contribution in [0, 0.1) is 0 Å². The molecule has 1 N–H and O–H groups in total. The molecule has 3 aromatic rings. The fourth-order valence-electron chi connectivity index (χ4n) is 2.65. The van der Waals surface area contributed by atoms with Gasteiger partial charge in [0.1, 0.15) is 0 Å². The van der Waals surface area contributed by atoms with Crippen molar-refractivity contribution in [1.29, 1.82) is 0 Å². The van der Waals surface area contributed by atoms with E-state index in [9.17, 15) is 0 Å². The predicted molar refractivity (Wildman–Crippen MR) is 94.2 cm³/mol. The van der Waals surface area contributed by atoms with Crippen molar-refractivity contribution < 1.29 is 0 Å². The van der Waals surface area contributed by atoms with Gasteiger partial charge in [-0.15, -0.1) is 0 Å². The minimum atomic E-state index is 0.162. The second kappa shape index (κ2) is 6.95. The van der Waals surface area contributed by atoms with E-state index in [-0.39, 0.29) is 6.04 Å². The van der Waals surface area contributed by atoms with Gasteiger partial charge in [-0.25, -0.2) is 0 Å². The number of aryl methyl sites for hydroxylation is 1. The molecular formula is C21H21N. The molecule has 0 spiro atoms. The summed E-state index contributed by atoms with van der Waals surface area (Å²) < 4.78 is 0. The van der Waals surface area contributed by atoms with E-state index < -0.39 is 0 Å². The smallest absolute Gasteiger partial charge is 0.0767 e.